The zero-order valence-electron chi connectivity index (χ0n) is 14.5. The number of aliphatic hydroxyl groups is 1. The summed E-state index contributed by atoms with van der Waals surface area (Å²) >= 11 is 0. The second-order valence-electron chi connectivity index (χ2n) is 9.62. The summed E-state index contributed by atoms with van der Waals surface area (Å²) in [5.74, 6) is 4.98. The van der Waals surface area contributed by atoms with E-state index in [0.717, 1.165) is 42.4 Å². The molecule has 0 saturated heterocycles. The maximum atomic E-state index is 11.9. The standard InChI is InChI=1S/C20H32O2/c1-12(21)17-10-18-16-5-4-13-11-19(2,22)8-6-14(13)15(16)7-9-20(17,18)3/h13-18,22H,4-11H2,1-3H3/t13-,14-,15+,16+,17+,18-,19+,20+/m0/s1. The molecule has 0 radical (unpaired) electrons. The van der Waals surface area contributed by atoms with Crippen molar-refractivity contribution in [2.45, 2.75) is 77.7 Å². The third-order valence-electron chi connectivity index (χ3n) is 8.45. The Morgan fingerprint density at radius 3 is 2.45 bits per heavy atom. The quantitative estimate of drug-likeness (QED) is 0.788. The van der Waals surface area contributed by atoms with E-state index < -0.39 is 5.60 Å². The van der Waals surface area contributed by atoms with Gasteiger partial charge in [-0.2, -0.15) is 0 Å². The summed E-state index contributed by atoms with van der Waals surface area (Å²) in [4.78, 5) is 11.9. The topological polar surface area (TPSA) is 37.3 Å². The van der Waals surface area contributed by atoms with E-state index in [-0.39, 0.29) is 0 Å². The van der Waals surface area contributed by atoms with Crippen LogP contribution in [0.2, 0.25) is 0 Å². The predicted molar refractivity (Wildman–Crippen MR) is 87.3 cm³/mol. The van der Waals surface area contributed by atoms with Crippen molar-refractivity contribution in [1.29, 1.82) is 0 Å². The third-order valence-corrected chi connectivity index (χ3v) is 8.45. The van der Waals surface area contributed by atoms with Gasteiger partial charge in [-0.3, -0.25) is 4.79 Å². The third kappa shape index (κ3) is 2.05. The lowest BCUT2D eigenvalue weighted by molar-refractivity contribution is -0.175. The second-order valence-corrected chi connectivity index (χ2v) is 9.62. The van der Waals surface area contributed by atoms with Crippen molar-refractivity contribution in [3.05, 3.63) is 0 Å². The molecule has 0 unspecified atom stereocenters. The molecule has 0 aromatic carbocycles. The van der Waals surface area contributed by atoms with Crippen molar-refractivity contribution in [2.24, 2.45) is 40.9 Å². The van der Waals surface area contributed by atoms with Crippen molar-refractivity contribution in [3.8, 4) is 0 Å². The van der Waals surface area contributed by atoms with Crippen LogP contribution >= 0.6 is 0 Å². The van der Waals surface area contributed by atoms with Crippen LogP contribution in [-0.4, -0.2) is 16.5 Å². The molecule has 4 aliphatic rings. The zero-order chi connectivity index (χ0) is 15.7. The van der Waals surface area contributed by atoms with E-state index in [1.165, 1.54) is 38.5 Å². The highest BCUT2D eigenvalue weighted by molar-refractivity contribution is 5.80. The first kappa shape index (κ1) is 15.2. The Bertz CT molecular complexity index is 482. The average molecular weight is 304 g/mol. The lowest BCUT2D eigenvalue weighted by atomic mass is 9.40. The van der Waals surface area contributed by atoms with Crippen molar-refractivity contribution in [1.82, 2.24) is 0 Å². The van der Waals surface area contributed by atoms with Gasteiger partial charge < -0.3 is 5.11 Å². The monoisotopic (exact) mass is 304 g/mol. The number of Topliss-reactive ketones (excluding diaryl/α,β-unsaturated/α-hetero) is 1. The maximum absolute atomic E-state index is 11.9. The van der Waals surface area contributed by atoms with Crippen LogP contribution in [0.4, 0.5) is 0 Å². The minimum absolute atomic E-state index is 0.319. The second kappa shape index (κ2) is 4.82. The summed E-state index contributed by atoms with van der Waals surface area (Å²) < 4.78 is 0. The Hall–Kier alpha value is -0.370. The molecule has 0 heterocycles. The van der Waals surface area contributed by atoms with Gasteiger partial charge in [0.15, 0.2) is 0 Å². The van der Waals surface area contributed by atoms with Crippen LogP contribution in [0.5, 0.6) is 0 Å². The molecule has 8 atom stereocenters. The van der Waals surface area contributed by atoms with Crippen LogP contribution in [0.25, 0.3) is 0 Å². The fourth-order valence-corrected chi connectivity index (χ4v) is 7.30. The first-order valence-corrected chi connectivity index (χ1v) is 9.55. The maximum Gasteiger partial charge on any atom is 0.133 e. The van der Waals surface area contributed by atoms with Gasteiger partial charge in [-0.25, -0.2) is 0 Å². The fourth-order valence-electron chi connectivity index (χ4n) is 7.30. The Morgan fingerprint density at radius 2 is 1.73 bits per heavy atom. The summed E-state index contributed by atoms with van der Waals surface area (Å²) in [6.45, 7) is 6.25. The number of fused-ring (bicyclic) bond motifs is 5. The minimum Gasteiger partial charge on any atom is -0.390 e. The molecule has 124 valence electrons. The van der Waals surface area contributed by atoms with E-state index in [9.17, 15) is 9.90 Å². The van der Waals surface area contributed by atoms with Gasteiger partial charge in [0.05, 0.1) is 5.60 Å². The van der Waals surface area contributed by atoms with E-state index in [4.69, 9.17) is 0 Å². The van der Waals surface area contributed by atoms with Crippen LogP contribution in [0.3, 0.4) is 0 Å². The summed E-state index contributed by atoms with van der Waals surface area (Å²) in [7, 11) is 0. The Balaban J connectivity index is 1.52. The Kier molecular flexibility index (Phi) is 3.32. The predicted octanol–water partition coefficient (Wildman–Crippen LogP) is 4.21. The zero-order valence-corrected chi connectivity index (χ0v) is 14.5. The first-order chi connectivity index (χ1) is 10.3. The van der Waals surface area contributed by atoms with Crippen LogP contribution in [0, 0.1) is 40.9 Å². The lowest BCUT2D eigenvalue weighted by Gasteiger charge is -2.65. The van der Waals surface area contributed by atoms with Crippen molar-refractivity contribution < 1.29 is 9.90 Å². The van der Waals surface area contributed by atoms with Crippen LogP contribution in [0.15, 0.2) is 0 Å². The average Bonchev–Trinajstić information content (AvgIpc) is 2.41. The van der Waals surface area contributed by atoms with Gasteiger partial charge >= 0.3 is 0 Å². The molecule has 22 heavy (non-hydrogen) atoms. The van der Waals surface area contributed by atoms with Crippen LogP contribution < -0.4 is 0 Å². The molecule has 4 fully saturated rings. The summed E-state index contributed by atoms with van der Waals surface area (Å²) in [5, 5.41) is 10.4. The Morgan fingerprint density at radius 1 is 1.00 bits per heavy atom. The molecule has 4 saturated carbocycles. The molecule has 2 nitrogen and oxygen atoms in total. The minimum atomic E-state index is -0.409. The number of ketones is 1. The molecule has 0 bridgehead atoms. The van der Waals surface area contributed by atoms with Crippen molar-refractivity contribution in [3.63, 3.8) is 0 Å². The highest BCUT2D eigenvalue weighted by atomic mass is 16.3. The lowest BCUT2D eigenvalue weighted by Crippen LogP contribution is -2.59. The normalized spacial score (nSPS) is 57.1. The Labute approximate surface area is 135 Å². The highest BCUT2D eigenvalue weighted by Gasteiger charge is 2.61. The largest absolute Gasteiger partial charge is 0.390 e. The molecule has 0 spiro atoms. The molecule has 0 aromatic rings. The number of carbonyl (C=O) groups excluding carboxylic acids is 1. The SMILES string of the molecule is CC(=O)[C@H]1C[C@H]2[C@@H]3CC[C@H]4C[C@](C)(O)CC[C@@H]4[C@H]3CC[C@]12C. The summed E-state index contributed by atoms with van der Waals surface area (Å²) in [6, 6.07) is 0. The molecule has 4 aliphatic carbocycles. The van der Waals surface area contributed by atoms with Gasteiger partial charge in [-0.05, 0) is 100 Å². The van der Waals surface area contributed by atoms with Gasteiger partial charge in [0.1, 0.15) is 5.78 Å². The van der Waals surface area contributed by atoms with Gasteiger partial charge in [-0.1, -0.05) is 6.92 Å². The molecular weight excluding hydrogens is 272 g/mol. The highest BCUT2D eigenvalue weighted by Crippen LogP contribution is 2.67. The number of rotatable bonds is 1. The van der Waals surface area contributed by atoms with Gasteiger partial charge in [0, 0.05) is 5.92 Å². The van der Waals surface area contributed by atoms with Gasteiger partial charge in [0.25, 0.3) is 0 Å². The van der Waals surface area contributed by atoms with Gasteiger partial charge in [0.2, 0.25) is 0 Å². The molecule has 1 N–H and O–H groups in total. The molecule has 0 aliphatic heterocycles. The van der Waals surface area contributed by atoms with E-state index in [1.54, 1.807) is 6.92 Å². The molecule has 0 aromatic heterocycles. The van der Waals surface area contributed by atoms with E-state index in [0.29, 0.717) is 17.1 Å². The van der Waals surface area contributed by atoms with Crippen LogP contribution in [-0.2, 0) is 4.79 Å². The number of carbonyl (C=O) groups is 1. The smallest absolute Gasteiger partial charge is 0.133 e. The fraction of sp³-hybridized carbons (Fsp3) is 0.950. The molecule has 0 amide bonds. The molecular formula is C20H32O2. The van der Waals surface area contributed by atoms with E-state index in [1.807, 2.05) is 6.92 Å². The van der Waals surface area contributed by atoms with Crippen LogP contribution in [0.1, 0.15) is 72.1 Å². The summed E-state index contributed by atoms with van der Waals surface area (Å²) in [5.41, 5.74) is -0.0899. The van der Waals surface area contributed by atoms with Gasteiger partial charge in [-0.15, -0.1) is 0 Å². The van der Waals surface area contributed by atoms with Crippen molar-refractivity contribution in [2.75, 3.05) is 0 Å². The van der Waals surface area contributed by atoms with Crippen molar-refractivity contribution >= 4 is 5.78 Å². The van der Waals surface area contributed by atoms with E-state index in [2.05, 4.69) is 6.92 Å². The summed E-state index contributed by atoms with van der Waals surface area (Å²) in [6.07, 6.45) is 9.70. The first-order valence-electron chi connectivity index (χ1n) is 9.55. The molecule has 4 rings (SSSR count). The molecule has 2 heteroatoms. The number of hydrogen-bond donors (Lipinski definition) is 1. The number of hydrogen-bond acceptors (Lipinski definition) is 2. The van der Waals surface area contributed by atoms with E-state index >= 15 is 0 Å².